The summed E-state index contributed by atoms with van der Waals surface area (Å²) >= 11 is 0. The first kappa shape index (κ1) is 16.7. The average molecular weight is 315 g/mol. The average Bonchev–Trinajstić information content (AvgIpc) is 2.88. The Morgan fingerprint density at radius 2 is 1.83 bits per heavy atom. The monoisotopic (exact) mass is 315 g/mol. The van der Waals surface area contributed by atoms with Crippen LogP contribution in [0.1, 0.15) is 52.9 Å². The molecule has 122 valence electrons. The van der Waals surface area contributed by atoms with E-state index in [1.165, 1.54) is 0 Å². The lowest BCUT2D eigenvalue weighted by molar-refractivity contribution is 0.0942. The SMILES string of the molecule is CCc1noc(C)c1C(=O)Nc1ccc(C(=O)NC(C)C)cc1. The van der Waals surface area contributed by atoms with Gasteiger partial charge in [0.05, 0.1) is 5.69 Å². The summed E-state index contributed by atoms with van der Waals surface area (Å²) in [6.45, 7) is 7.43. The Labute approximate surface area is 135 Å². The second-order valence-corrected chi connectivity index (χ2v) is 5.57. The van der Waals surface area contributed by atoms with Crippen LogP contribution in [0.25, 0.3) is 0 Å². The zero-order valence-corrected chi connectivity index (χ0v) is 13.8. The molecule has 2 N–H and O–H groups in total. The molecule has 23 heavy (non-hydrogen) atoms. The van der Waals surface area contributed by atoms with E-state index in [2.05, 4.69) is 15.8 Å². The number of rotatable bonds is 5. The predicted molar refractivity (Wildman–Crippen MR) is 87.6 cm³/mol. The van der Waals surface area contributed by atoms with Crippen molar-refractivity contribution in [3.8, 4) is 0 Å². The highest BCUT2D eigenvalue weighted by atomic mass is 16.5. The van der Waals surface area contributed by atoms with Gasteiger partial charge in [0.15, 0.2) is 0 Å². The van der Waals surface area contributed by atoms with Crippen molar-refractivity contribution in [3.63, 3.8) is 0 Å². The molecule has 0 atom stereocenters. The second kappa shape index (κ2) is 7.09. The first-order chi connectivity index (χ1) is 10.9. The van der Waals surface area contributed by atoms with E-state index in [0.29, 0.717) is 34.7 Å². The number of amides is 2. The van der Waals surface area contributed by atoms with Crippen LogP contribution in [0.3, 0.4) is 0 Å². The van der Waals surface area contributed by atoms with Crippen LogP contribution in [0.4, 0.5) is 5.69 Å². The van der Waals surface area contributed by atoms with Crippen LogP contribution in [0.2, 0.25) is 0 Å². The maximum absolute atomic E-state index is 12.3. The van der Waals surface area contributed by atoms with Gasteiger partial charge in [0.1, 0.15) is 11.3 Å². The van der Waals surface area contributed by atoms with Crippen molar-refractivity contribution in [2.24, 2.45) is 0 Å². The molecule has 6 nitrogen and oxygen atoms in total. The molecule has 2 aromatic rings. The smallest absolute Gasteiger partial charge is 0.261 e. The van der Waals surface area contributed by atoms with Crippen molar-refractivity contribution in [2.75, 3.05) is 5.32 Å². The lowest BCUT2D eigenvalue weighted by atomic mass is 10.1. The molecule has 0 unspecified atom stereocenters. The van der Waals surface area contributed by atoms with E-state index in [-0.39, 0.29) is 17.9 Å². The van der Waals surface area contributed by atoms with Gasteiger partial charge in [-0.15, -0.1) is 0 Å². The summed E-state index contributed by atoms with van der Waals surface area (Å²) in [6.07, 6.45) is 0.619. The number of aryl methyl sites for hydroxylation is 2. The molecule has 2 amide bonds. The van der Waals surface area contributed by atoms with Gasteiger partial charge in [-0.3, -0.25) is 9.59 Å². The van der Waals surface area contributed by atoms with Crippen LogP contribution in [-0.2, 0) is 6.42 Å². The van der Waals surface area contributed by atoms with E-state index in [1.807, 2.05) is 20.8 Å². The number of carbonyl (C=O) groups is 2. The van der Waals surface area contributed by atoms with Gasteiger partial charge in [-0.2, -0.15) is 0 Å². The first-order valence-electron chi connectivity index (χ1n) is 7.59. The van der Waals surface area contributed by atoms with Crippen LogP contribution in [-0.4, -0.2) is 23.0 Å². The van der Waals surface area contributed by atoms with Crippen LogP contribution >= 0.6 is 0 Å². The van der Waals surface area contributed by atoms with Crippen molar-refractivity contribution < 1.29 is 14.1 Å². The minimum atomic E-state index is -0.264. The van der Waals surface area contributed by atoms with Crippen LogP contribution < -0.4 is 10.6 Å². The molecule has 0 aliphatic rings. The molecule has 1 aromatic carbocycles. The van der Waals surface area contributed by atoms with E-state index in [0.717, 1.165) is 0 Å². The Balaban J connectivity index is 2.10. The summed E-state index contributed by atoms with van der Waals surface area (Å²) in [4.78, 5) is 24.2. The van der Waals surface area contributed by atoms with Crippen LogP contribution in [0.15, 0.2) is 28.8 Å². The van der Waals surface area contributed by atoms with Crippen molar-refractivity contribution in [2.45, 2.75) is 40.2 Å². The molecule has 0 aliphatic carbocycles. The Morgan fingerprint density at radius 3 is 2.39 bits per heavy atom. The van der Waals surface area contributed by atoms with E-state index in [1.54, 1.807) is 31.2 Å². The lowest BCUT2D eigenvalue weighted by Crippen LogP contribution is -2.30. The number of nitrogens with zero attached hydrogens (tertiary/aromatic N) is 1. The zero-order chi connectivity index (χ0) is 17.0. The van der Waals surface area contributed by atoms with Gasteiger partial charge >= 0.3 is 0 Å². The summed E-state index contributed by atoms with van der Waals surface area (Å²) in [5.74, 6) is 0.0910. The normalized spacial score (nSPS) is 10.7. The molecule has 0 spiro atoms. The van der Waals surface area contributed by atoms with Crippen molar-refractivity contribution in [1.29, 1.82) is 0 Å². The van der Waals surface area contributed by atoms with Gasteiger partial charge in [0.25, 0.3) is 11.8 Å². The minimum Gasteiger partial charge on any atom is -0.361 e. The Morgan fingerprint density at radius 1 is 1.17 bits per heavy atom. The highest BCUT2D eigenvalue weighted by Crippen LogP contribution is 2.17. The maximum Gasteiger partial charge on any atom is 0.261 e. The molecule has 0 fully saturated rings. The molecular weight excluding hydrogens is 294 g/mol. The number of carbonyl (C=O) groups excluding carboxylic acids is 2. The van der Waals surface area contributed by atoms with E-state index < -0.39 is 0 Å². The van der Waals surface area contributed by atoms with Gasteiger partial charge in [-0.1, -0.05) is 12.1 Å². The van der Waals surface area contributed by atoms with Crippen molar-refractivity contribution in [3.05, 3.63) is 46.8 Å². The van der Waals surface area contributed by atoms with Gasteiger partial charge in [-0.25, -0.2) is 0 Å². The minimum absolute atomic E-state index is 0.0749. The fraction of sp³-hybridized carbons (Fsp3) is 0.353. The van der Waals surface area contributed by atoms with Gasteiger partial charge < -0.3 is 15.2 Å². The number of aromatic nitrogens is 1. The Hall–Kier alpha value is -2.63. The largest absolute Gasteiger partial charge is 0.361 e. The second-order valence-electron chi connectivity index (χ2n) is 5.57. The third-order valence-corrected chi connectivity index (χ3v) is 3.32. The first-order valence-corrected chi connectivity index (χ1v) is 7.59. The number of anilines is 1. The fourth-order valence-electron chi connectivity index (χ4n) is 2.19. The summed E-state index contributed by atoms with van der Waals surface area (Å²) in [7, 11) is 0. The number of hydrogen-bond acceptors (Lipinski definition) is 4. The third-order valence-electron chi connectivity index (χ3n) is 3.32. The standard InChI is InChI=1S/C17H21N3O3/c1-5-14-15(11(4)23-20-14)17(22)19-13-8-6-12(7-9-13)16(21)18-10(2)3/h6-10H,5H2,1-4H3,(H,18,21)(H,19,22). The fourth-order valence-corrected chi connectivity index (χ4v) is 2.19. The quantitative estimate of drug-likeness (QED) is 0.888. The molecule has 0 bridgehead atoms. The molecule has 0 aliphatic heterocycles. The summed E-state index contributed by atoms with van der Waals surface area (Å²) in [6, 6.07) is 6.82. The molecule has 0 saturated carbocycles. The Bertz CT molecular complexity index is 702. The summed E-state index contributed by atoms with van der Waals surface area (Å²) in [5, 5.41) is 9.49. The maximum atomic E-state index is 12.3. The highest BCUT2D eigenvalue weighted by Gasteiger charge is 2.19. The molecule has 2 rings (SSSR count). The van der Waals surface area contributed by atoms with E-state index >= 15 is 0 Å². The van der Waals surface area contributed by atoms with E-state index in [4.69, 9.17) is 4.52 Å². The molecule has 0 radical (unpaired) electrons. The topological polar surface area (TPSA) is 84.2 Å². The highest BCUT2D eigenvalue weighted by molar-refractivity contribution is 6.06. The van der Waals surface area contributed by atoms with Crippen LogP contribution in [0, 0.1) is 6.92 Å². The number of benzene rings is 1. The molecular formula is C17H21N3O3. The predicted octanol–water partition coefficient (Wildman–Crippen LogP) is 2.94. The van der Waals surface area contributed by atoms with Crippen molar-refractivity contribution >= 4 is 17.5 Å². The Kier molecular flexibility index (Phi) is 5.16. The van der Waals surface area contributed by atoms with Crippen molar-refractivity contribution in [1.82, 2.24) is 10.5 Å². The number of nitrogens with one attached hydrogen (secondary N) is 2. The van der Waals surface area contributed by atoms with Crippen LogP contribution in [0.5, 0.6) is 0 Å². The molecule has 6 heteroatoms. The molecule has 1 heterocycles. The molecule has 1 aromatic heterocycles. The zero-order valence-electron chi connectivity index (χ0n) is 13.8. The lowest BCUT2D eigenvalue weighted by Gasteiger charge is -2.09. The number of hydrogen-bond donors (Lipinski definition) is 2. The summed E-state index contributed by atoms with van der Waals surface area (Å²) < 4.78 is 5.07. The van der Waals surface area contributed by atoms with Gasteiger partial charge in [0, 0.05) is 17.3 Å². The van der Waals surface area contributed by atoms with E-state index in [9.17, 15) is 9.59 Å². The van der Waals surface area contributed by atoms with Gasteiger partial charge in [0.2, 0.25) is 0 Å². The third kappa shape index (κ3) is 3.97. The van der Waals surface area contributed by atoms with Gasteiger partial charge in [-0.05, 0) is 51.5 Å². The molecule has 0 saturated heterocycles. The summed E-state index contributed by atoms with van der Waals surface area (Å²) in [5.41, 5.74) is 2.26.